The van der Waals surface area contributed by atoms with E-state index in [1.54, 1.807) is 10.9 Å². The third-order valence-electron chi connectivity index (χ3n) is 1.55. The molecule has 1 aromatic heterocycles. The Hall–Kier alpha value is -0.940. The molecular weight excluding hydrogens is 186 g/mol. The summed E-state index contributed by atoms with van der Waals surface area (Å²) in [7, 11) is 0. The van der Waals surface area contributed by atoms with Crippen LogP contribution in [0, 0.1) is 0 Å². The summed E-state index contributed by atoms with van der Waals surface area (Å²) in [6, 6.07) is 0.121. The van der Waals surface area contributed by atoms with Crippen molar-refractivity contribution in [3.05, 3.63) is 16.6 Å². The molecule has 0 fully saturated rings. The zero-order valence-corrected chi connectivity index (χ0v) is 8.30. The lowest BCUT2D eigenvalue weighted by molar-refractivity contribution is 0.0948. The molecular formula is C8H13N3OS. The summed E-state index contributed by atoms with van der Waals surface area (Å²) in [5, 5.41) is 4.47. The Morgan fingerprint density at radius 3 is 3.15 bits per heavy atom. The number of hydrogen-bond acceptors (Lipinski definition) is 4. The molecule has 4 nitrogen and oxygen atoms in total. The van der Waals surface area contributed by atoms with Crippen LogP contribution in [-0.2, 0) is 0 Å². The van der Waals surface area contributed by atoms with Crippen LogP contribution in [0.1, 0.15) is 23.8 Å². The number of nitrogens with one attached hydrogen (secondary N) is 1. The van der Waals surface area contributed by atoms with E-state index in [9.17, 15) is 4.79 Å². The molecule has 5 heteroatoms. The number of nitrogens with zero attached hydrogens (tertiary/aromatic N) is 1. The number of aromatic nitrogens is 1. The molecule has 0 aliphatic carbocycles. The van der Waals surface area contributed by atoms with Crippen LogP contribution in [0.4, 0.5) is 0 Å². The van der Waals surface area contributed by atoms with Gasteiger partial charge in [0.15, 0.2) is 0 Å². The zero-order valence-electron chi connectivity index (χ0n) is 7.49. The predicted octanol–water partition coefficient (Wildman–Crippen LogP) is 0.610. The van der Waals surface area contributed by atoms with Gasteiger partial charge in [0.2, 0.25) is 0 Å². The summed E-state index contributed by atoms with van der Waals surface area (Å²) in [5.74, 6) is -0.123. The van der Waals surface area contributed by atoms with Crippen molar-refractivity contribution >= 4 is 17.2 Å². The Bertz CT molecular complexity index is 258. The quantitative estimate of drug-likeness (QED) is 0.746. The Morgan fingerprint density at radius 1 is 1.85 bits per heavy atom. The van der Waals surface area contributed by atoms with Gasteiger partial charge in [-0.2, -0.15) is 0 Å². The molecule has 0 spiro atoms. The second-order valence-corrected chi connectivity index (χ2v) is 3.61. The van der Waals surface area contributed by atoms with E-state index < -0.39 is 0 Å². The van der Waals surface area contributed by atoms with Crippen molar-refractivity contribution in [2.75, 3.05) is 6.54 Å². The summed E-state index contributed by atoms with van der Waals surface area (Å²) in [6.07, 6.45) is 0.788. The molecule has 72 valence electrons. The first-order valence-electron chi connectivity index (χ1n) is 4.12. The van der Waals surface area contributed by atoms with Crippen LogP contribution in [0.25, 0.3) is 0 Å². The van der Waals surface area contributed by atoms with E-state index in [4.69, 9.17) is 5.73 Å². The van der Waals surface area contributed by atoms with Crippen LogP contribution < -0.4 is 11.1 Å². The van der Waals surface area contributed by atoms with Gasteiger partial charge in [-0.3, -0.25) is 4.79 Å². The maximum Gasteiger partial charge on any atom is 0.270 e. The van der Waals surface area contributed by atoms with Gasteiger partial charge in [-0.15, -0.1) is 11.3 Å². The molecule has 0 saturated carbocycles. The predicted molar refractivity (Wildman–Crippen MR) is 52.7 cm³/mol. The molecule has 1 amide bonds. The van der Waals surface area contributed by atoms with Crippen LogP contribution in [0.3, 0.4) is 0 Å². The van der Waals surface area contributed by atoms with Gasteiger partial charge in [0.1, 0.15) is 5.69 Å². The van der Waals surface area contributed by atoms with E-state index in [2.05, 4.69) is 10.3 Å². The van der Waals surface area contributed by atoms with Gasteiger partial charge >= 0.3 is 0 Å². The van der Waals surface area contributed by atoms with Crippen molar-refractivity contribution in [1.82, 2.24) is 10.3 Å². The molecule has 0 saturated heterocycles. The van der Waals surface area contributed by atoms with Crippen LogP contribution in [0.5, 0.6) is 0 Å². The van der Waals surface area contributed by atoms with E-state index in [1.165, 1.54) is 11.3 Å². The molecule has 0 radical (unpaired) electrons. The largest absolute Gasteiger partial charge is 0.351 e. The standard InChI is InChI=1S/C8H13N3OS/c1-6(9)2-3-10-8(12)7-4-13-5-11-7/h4-6H,2-3,9H2,1H3,(H,10,12). The fraction of sp³-hybridized carbons (Fsp3) is 0.500. The summed E-state index contributed by atoms with van der Waals surface area (Å²) in [6.45, 7) is 2.52. The number of thiazole rings is 1. The molecule has 1 heterocycles. The number of amides is 1. The molecule has 1 atom stereocenters. The fourth-order valence-electron chi connectivity index (χ4n) is 0.829. The molecule has 1 aromatic rings. The van der Waals surface area contributed by atoms with Crippen LogP contribution >= 0.6 is 11.3 Å². The maximum absolute atomic E-state index is 11.3. The number of rotatable bonds is 4. The van der Waals surface area contributed by atoms with Crippen molar-refractivity contribution in [3.8, 4) is 0 Å². The van der Waals surface area contributed by atoms with Gasteiger partial charge in [-0.05, 0) is 13.3 Å². The van der Waals surface area contributed by atoms with Gasteiger partial charge < -0.3 is 11.1 Å². The number of nitrogens with two attached hydrogens (primary N) is 1. The molecule has 3 N–H and O–H groups in total. The first-order valence-corrected chi connectivity index (χ1v) is 5.06. The number of hydrogen-bond donors (Lipinski definition) is 2. The number of carbonyl (C=O) groups excluding carboxylic acids is 1. The molecule has 0 aliphatic heterocycles. The van der Waals surface area contributed by atoms with Gasteiger partial charge in [0, 0.05) is 18.0 Å². The highest BCUT2D eigenvalue weighted by atomic mass is 32.1. The molecule has 0 aliphatic rings. The lowest BCUT2D eigenvalue weighted by Gasteiger charge is -2.05. The van der Waals surface area contributed by atoms with Gasteiger partial charge in [0.25, 0.3) is 5.91 Å². The van der Waals surface area contributed by atoms with Gasteiger partial charge in [-0.1, -0.05) is 0 Å². The molecule has 13 heavy (non-hydrogen) atoms. The number of carbonyl (C=O) groups is 1. The van der Waals surface area contributed by atoms with Gasteiger partial charge in [-0.25, -0.2) is 4.98 Å². The van der Waals surface area contributed by atoms with Crippen LogP contribution in [0.2, 0.25) is 0 Å². The van der Waals surface area contributed by atoms with Crippen molar-refractivity contribution in [2.24, 2.45) is 5.73 Å². The summed E-state index contributed by atoms with van der Waals surface area (Å²) in [4.78, 5) is 15.2. The topological polar surface area (TPSA) is 68.0 Å². The Kier molecular flexibility index (Phi) is 3.85. The van der Waals surface area contributed by atoms with Gasteiger partial charge in [0.05, 0.1) is 5.51 Å². The molecule has 1 rings (SSSR count). The minimum absolute atomic E-state index is 0.121. The normalized spacial score (nSPS) is 12.5. The fourth-order valence-corrected chi connectivity index (χ4v) is 1.36. The maximum atomic E-state index is 11.3. The second-order valence-electron chi connectivity index (χ2n) is 2.90. The van der Waals surface area contributed by atoms with Crippen molar-refractivity contribution in [2.45, 2.75) is 19.4 Å². The van der Waals surface area contributed by atoms with E-state index in [-0.39, 0.29) is 11.9 Å². The highest BCUT2D eigenvalue weighted by Crippen LogP contribution is 1.99. The first-order chi connectivity index (χ1) is 6.20. The van der Waals surface area contributed by atoms with Crippen molar-refractivity contribution in [3.63, 3.8) is 0 Å². The minimum atomic E-state index is -0.123. The zero-order chi connectivity index (χ0) is 9.68. The average Bonchev–Trinajstić information content (AvgIpc) is 2.55. The lowest BCUT2D eigenvalue weighted by atomic mass is 10.2. The molecule has 1 unspecified atom stereocenters. The second kappa shape index (κ2) is 4.94. The summed E-state index contributed by atoms with van der Waals surface area (Å²) < 4.78 is 0. The Labute approximate surface area is 81.2 Å². The lowest BCUT2D eigenvalue weighted by Crippen LogP contribution is -2.29. The monoisotopic (exact) mass is 199 g/mol. The van der Waals surface area contributed by atoms with E-state index in [0.717, 1.165) is 6.42 Å². The van der Waals surface area contributed by atoms with Crippen molar-refractivity contribution in [1.29, 1.82) is 0 Å². The minimum Gasteiger partial charge on any atom is -0.351 e. The van der Waals surface area contributed by atoms with E-state index in [1.807, 2.05) is 6.92 Å². The third-order valence-corrected chi connectivity index (χ3v) is 2.14. The van der Waals surface area contributed by atoms with Crippen LogP contribution in [-0.4, -0.2) is 23.5 Å². The Morgan fingerprint density at radius 2 is 2.62 bits per heavy atom. The average molecular weight is 199 g/mol. The summed E-state index contributed by atoms with van der Waals surface area (Å²) >= 11 is 1.41. The third kappa shape index (κ3) is 3.52. The van der Waals surface area contributed by atoms with E-state index in [0.29, 0.717) is 12.2 Å². The Balaban J connectivity index is 2.27. The molecule has 0 aromatic carbocycles. The van der Waals surface area contributed by atoms with Crippen LogP contribution in [0.15, 0.2) is 10.9 Å². The SMILES string of the molecule is CC(N)CCNC(=O)c1cscn1. The smallest absolute Gasteiger partial charge is 0.270 e. The highest BCUT2D eigenvalue weighted by molar-refractivity contribution is 7.07. The first kappa shape index (κ1) is 10.1. The van der Waals surface area contributed by atoms with E-state index >= 15 is 0 Å². The summed E-state index contributed by atoms with van der Waals surface area (Å²) in [5.41, 5.74) is 7.65. The highest BCUT2D eigenvalue weighted by Gasteiger charge is 2.06. The molecule has 0 bridgehead atoms. The van der Waals surface area contributed by atoms with Crippen molar-refractivity contribution < 1.29 is 4.79 Å².